The second-order valence-electron chi connectivity index (χ2n) is 11.8. The lowest BCUT2D eigenvalue weighted by Gasteiger charge is -2.16. The van der Waals surface area contributed by atoms with Crippen LogP contribution >= 0.6 is 0 Å². The molecule has 0 fully saturated rings. The summed E-state index contributed by atoms with van der Waals surface area (Å²) in [6.07, 6.45) is 28.2. The van der Waals surface area contributed by atoms with Crippen molar-refractivity contribution in [1.82, 2.24) is 0 Å². The molecule has 0 radical (unpaired) electrons. The molecule has 248 valence electrons. The third-order valence-electron chi connectivity index (χ3n) is 7.01. The van der Waals surface area contributed by atoms with E-state index in [1.165, 1.54) is 32.1 Å². The maximum atomic E-state index is 12.1. The smallest absolute Gasteiger partial charge is 0.306 e. The van der Waals surface area contributed by atoms with E-state index in [1.807, 2.05) is 30.4 Å². The summed E-state index contributed by atoms with van der Waals surface area (Å²) < 4.78 is 10.4. The molecule has 0 heterocycles. The van der Waals surface area contributed by atoms with Crippen LogP contribution in [0.15, 0.2) is 48.6 Å². The molecule has 3 N–H and O–H groups in total. The van der Waals surface area contributed by atoms with E-state index >= 15 is 0 Å². The molecule has 0 aromatic carbocycles. The summed E-state index contributed by atoms with van der Waals surface area (Å²) in [6, 6.07) is 0. The molecule has 0 aliphatic heterocycles. The predicted octanol–water partition coefficient (Wildman–Crippen LogP) is 7.69. The second-order valence-corrected chi connectivity index (χ2v) is 11.8. The van der Waals surface area contributed by atoms with E-state index < -0.39 is 24.8 Å². The van der Waals surface area contributed by atoms with E-state index in [0.29, 0.717) is 19.3 Å². The van der Waals surface area contributed by atoms with Gasteiger partial charge in [-0.25, -0.2) is 0 Å². The van der Waals surface area contributed by atoms with Crippen LogP contribution in [-0.4, -0.2) is 58.8 Å². The summed E-state index contributed by atoms with van der Waals surface area (Å²) in [5.74, 6) is -0.0551. The molecule has 0 rings (SSSR count). The molecule has 43 heavy (non-hydrogen) atoms. The average Bonchev–Trinajstić information content (AvgIpc) is 2.97. The highest BCUT2D eigenvalue weighted by molar-refractivity contribution is 5.70. The first-order chi connectivity index (χ1) is 20.8. The lowest BCUT2D eigenvalue weighted by molar-refractivity contribution is -0.161. The number of rotatable bonds is 28. The summed E-state index contributed by atoms with van der Waals surface area (Å²) in [4.78, 5) is 24.1. The Morgan fingerprint density at radius 2 is 1.21 bits per heavy atom. The molecule has 0 spiro atoms. The number of aliphatic hydroxyl groups excluding tert-OH is 3. The summed E-state index contributed by atoms with van der Waals surface area (Å²) in [5, 5.41) is 29.4. The number of unbranched alkanes of at least 4 members (excludes halogenated alkanes) is 8. The van der Waals surface area contributed by atoms with E-state index in [9.17, 15) is 24.9 Å². The average molecular weight is 607 g/mol. The van der Waals surface area contributed by atoms with Gasteiger partial charge in [0, 0.05) is 12.8 Å². The highest BCUT2D eigenvalue weighted by atomic mass is 16.6. The molecule has 0 saturated carbocycles. The zero-order valence-electron chi connectivity index (χ0n) is 27.3. The normalized spacial score (nSPS) is 14.4. The molecule has 3 atom stereocenters. The Balaban J connectivity index is 3.92. The lowest BCUT2D eigenvalue weighted by Crippen LogP contribution is -2.28. The van der Waals surface area contributed by atoms with Crippen molar-refractivity contribution in [1.29, 1.82) is 0 Å². The van der Waals surface area contributed by atoms with Gasteiger partial charge in [0.05, 0.1) is 18.8 Å². The summed E-state index contributed by atoms with van der Waals surface area (Å²) >= 11 is 0. The van der Waals surface area contributed by atoms with Gasteiger partial charge < -0.3 is 24.8 Å². The molecular weight excluding hydrogens is 544 g/mol. The van der Waals surface area contributed by atoms with Crippen molar-refractivity contribution in [2.45, 2.75) is 148 Å². The molecule has 7 nitrogen and oxygen atoms in total. The quantitative estimate of drug-likeness (QED) is 0.0475. The Morgan fingerprint density at radius 1 is 0.674 bits per heavy atom. The van der Waals surface area contributed by atoms with Crippen LogP contribution < -0.4 is 0 Å². The molecular formula is C36H62O7. The minimum Gasteiger partial charge on any atom is -0.462 e. The fourth-order valence-corrected chi connectivity index (χ4v) is 4.36. The Labute approximate surface area is 262 Å². The van der Waals surface area contributed by atoms with Gasteiger partial charge in [-0.2, -0.15) is 0 Å². The number of carbonyl (C=O) groups excluding carboxylic acids is 2. The van der Waals surface area contributed by atoms with Gasteiger partial charge >= 0.3 is 11.9 Å². The maximum Gasteiger partial charge on any atom is 0.306 e. The minimum absolute atomic E-state index is 0.105. The fourth-order valence-electron chi connectivity index (χ4n) is 4.36. The maximum absolute atomic E-state index is 12.1. The van der Waals surface area contributed by atoms with Crippen LogP contribution in [-0.2, 0) is 19.1 Å². The van der Waals surface area contributed by atoms with Crippen molar-refractivity contribution in [2.24, 2.45) is 5.92 Å². The first kappa shape index (κ1) is 40.8. The van der Waals surface area contributed by atoms with Gasteiger partial charge in [0.1, 0.15) is 6.61 Å². The zero-order chi connectivity index (χ0) is 32.0. The van der Waals surface area contributed by atoms with Gasteiger partial charge in [-0.05, 0) is 38.0 Å². The molecule has 0 aromatic rings. The van der Waals surface area contributed by atoms with Gasteiger partial charge in [-0.3, -0.25) is 9.59 Å². The van der Waals surface area contributed by atoms with Crippen molar-refractivity contribution in [3.8, 4) is 0 Å². The van der Waals surface area contributed by atoms with E-state index in [0.717, 1.165) is 57.3 Å². The topological polar surface area (TPSA) is 113 Å². The summed E-state index contributed by atoms with van der Waals surface area (Å²) in [5.41, 5.74) is 0. The van der Waals surface area contributed by atoms with Crippen LogP contribution in [0.1, 0.15) is 130 Å². The largest absolute Gasteiger partial charge is 0.462 e. The van der Waals surface area contributed by atoms with E-state index in [2.05, 4.69) is 20.8 Å². The van der Waals surface area contributed by atoms with Crippen molar-refractivity contribution in [3.05, 3.63) is 48.6 Å². The molecule has 0 bridgehead atoms. The van der Waals surface area contributed by atoms with Crippen LogP contribution in [0.2, 0.25) is 0 Å². The van der Waals surface area contributed by atoms with Crippen molar-refractivity contribution in [3.63, 3.8) is 0 Å². The molecule has 0 saturated heterocycles. The predicted molar refractivity (Wildman–Crippen MR) is 175 cm³/mol. The van der Waals surface area contributed by atoms with Gasteiger partial charge in [-0.15, -0.1) is 0 Å². The molecule has 0 aromatic heterocycles. The van der Waals surface area contributed by atoms with Gasteiger partial charge in [0.2, 0.25) is 0 Å². The number of ether oxygens (including phenoxy) is 2. The van der Waals surface area contributed by atoms with Crippen molar-refractivity contribution in [2.75, 3.05) is 13.2 Å². The molecule has 0 aliphatic rings. The monoisotopic (exact) mass is 606 g/mol. The molecule has 0 amide bonds. The van der Waals surface area contributed by atoms with Crippen molar-refractivity contribution < 1.29 is 34.4 Å². The Bertz CT molecular complexity index is 784. The van der Waals surface area contributed by atoms with Crippen LogP contribution in [0.3, 0.4) is 0 Å². The lowest BCUT2D eigenvalue weighted by atomic mass is 10.0. The molecule has 0 aliphatic carbocycles. The van der Waals surface area contributed by atoms with Crippen molar-refractivity contribution >= 4 is 11.9 Å². The zero-order valence-corrected chi connectivity index (χ0v) is 27.3. The summed E-state index contributed by atoms with van der Waals surface area (Å²) in [7, 11) is 0. The minimum atomic E-state index is -0.877. The van der Waals surface area contributed by atoms with Gasteiger partial charge in [0.25, 0.3) is 0 Å². The number of allylic oxidation sites excluding steroid dienone is 6. The third-order valence-corrected chi connectivity index (χ3v) is 7.01. The van der Waals surface area contributed by atoms with Crippen LogP contribution in [0, 0.1) is 5.92 Å². The standard InChI is InChI=1S/C36H62O7/c1-4-5-16-23-32(38)24-18-13-9-7-10-14-19-25-33(39)26-21-28-36(41)43-34(29-37)30-42-35(40)27-20-15-11-6-8-12-17-22-31(2)3/h9-10,13-14,18-19,24-25,31-34,37-39H,4-8,11-12,15-17,20-23,26-30H2,1-3H3/b13-9-,14-10-,24-18+,25-19+/t32-,33-,34+/m1/s1. The number of hydrogen-bond donors (Lipinski definition) is 3. The van der Waals surface area contributed by atoms with Gasteiger partial charge in [0.15, 0.2) is 6.10 Å². The van der Waals surface area contributed by atoms with E-state index in [-0.39, 0.29) is 25.1 Å². The van der Waals surface area contributed by atoms with Crippen LogP contribution in [0.25, 0.3) is 0 Å². The number of hydrogen-bond acceptors (Lipinski definition) is 7. The SMILES string of the molecule is CCCCC[C@@H](O)/C=C/C=C\C/C=C\C=C\[C@@H](O)CCCC(=O)O[C@@H](CO)COC(=O)CCCCCCCCCC(C)C. The van der Waals surface area contributed by atoms with Gasteiger partial charge in [-0.1, -0.05) is 134 Å². The van der Waals surface area contributed by atoms with Crippen LogP contribution in [0.4, 0.5) is 0 Å². The van der Waals surface area contributed by atoms with E-state index in [1.54, 1.807) is 18.2 Å². The Morgan fingerprint density at radius 3 is 1.79 bits per heavy atom. The number of carbonyl (C=O) groups is 2. The first-order valence-electron chi connectivity index (χ1n) is 16.8. The number of esters is 2. The highest BCUT2D eigenvalue weighted by Crippen LogP contribution is 2.13. The second kappa shape index (κ2) is 29.8. The van der Waals surface area contributed by atoms with E-state index in [4.69, 9.17) is 9.47 Å². The number of aliphatic hydroxyl groups is 3. The van der Waals surface area contributed by atoms with Crippen LogP contribution in [0.5, 0.6) is 0 Å². The molecule has 0 unspecified atom stereocenters. The molecule has 7 heteroatoms. The third kappa shape index (κ3) is 29.6. The Hall–Kier alpha value is -2.22. The first-order valence-corrected chi connectivity index (χ1v) is 16.8. The highest BCUT2D eigenvalue weighted by Gasteiger charge is 2.16. The summed E-state index contributed by atoms with van der Waals surface area (Å²) in [6.45, 7) is 6.09. The Kier molecular flexibility index (Phi) is 28.3. The fraction of sp³-hybridized carbons (Fsp3) is 0.722.